The molecule has 0 saturated heterocycles. The van der Waals surface area contributed by atoms with E-state index in [0.29, 0.717) is 22.6 Å². The molecule has 2 aromatic rings. The molecule has 4 nitrogen and oxygen atoms in total. The highest BCUT2D eigenvalue weighted by molar-refractivity contribution is 9.10. The molecule has 6 heteroatoms. The summed E-state index contributed by atoms with van der Waals surface area (Å²) in [7, 11) is 3.38. The van der Waals surface area contributed by atoms with E-state index in [1.54, 1.807) is 13.2 Å². The molecule has 0 aliphatic carbocycles. The lowest BCUT2D eigenvalue weighted by atomic mass is 10.1. The number of thiol groups is 1. The average Bonchev–Trinajstić information content (AvgIpc) is 2.61. The van der Waals surface area contributed by atoms with Gasteiger partial charge in [-0.15, -0.1) is 0 Å². The highest BCUT2D eigenvalue weighted by atomic mass is 79.9. The second kappa shape index (κ2) is 4.85. The van der Waals surface area contributed by atoms with Gasteiger partial charge in [0.05, 0.1) is 22.7 Å². The minimum Gasteiger partial charge on any atom is -0.496 e. The van der Waals surface area contributed by atoms with Gasteiger partial charge >= 0.3 is 5.97 Å². The molecule has 1 heterocycles. The molecule has 0 aliphatic rings. The van der Waals surface area contributed by atoms with Crippen molar-refractivity contribution in [3.05, 3.63) is 27.9 Å². The van der Waals surface area contributed by atoms with E-state index in [9.17, 15) is 9.90 Å². The maximum absolute atomic E-state index is 11.4. The summed E-state index contributed by atoms with van der Waals surface area (Å²) in [5, 5.41) is 10.0. The summed E-state index contributed by atoms with van der Waals surface area (Å²) in [6.45, 7) is 0. The van der Waals surface area contributed by atoms with Gasteiger partial charge in [0.15, 0.2) is 0 Å². The van der Waals surface area contributed by atoms with Gasteiger partial charge in [0.25, 0.3) is 0 Å². The number of aromatic nitrogens is 1. The second-order valence-corrected chi connectivity index (χ2v) is 5.02. The Balaban J connectivity index is 2.91. The molecule has 0 fully saturated rings. The van der Waals surface area contributed by atoms with Gasteiger partial charge in [-0.2, -0.15) is 12.6 Å². The van der Waals surface area contributed by atoms with Crippen LogP contribution < -0.4 is 4.74 Å². The number of aryl methyl sites for hydroxylation is 1. The average molecular weight is 330 g/mol. The SMILES string of the molecule is COc1cc2c(C(=O)O)c(CS)n(C)c2cc1Br. The lowest BCUT2D eigenvalue weighted by molar-refractivity contribution is 0.0698. The quantitative estimate of drug-likeness (QED) is 0.851. The molecule has 0 saturated carbocycles. The molecule has 1 aromatic carbocycles. The van der Waals surface area contributed by atoms with Crippen molar-refractivity contribution in [3.63, 3.8) is 0 Å². The van der Waals surface area contributed by atoms with E-state index in [1.165, 1.54) is 0 Å². The second-order valence-electron chi connectivity index (χ2n) is 3.85. The van der Waals surface area contributed by atoms with Crippen molar-refractivity contribution in [3.8, 4) is 5.75 Å². The molecule has 1 N–H and O–H groups in total. The molecule has 0 atom stereocenters. The maximum Gasteiger partial charge on any atom is 0.338 e. The maximum atomic E-state index is 11.4. The summed E-state index contributed by atoms with van der Waals surface area (Å²) in [6.07, 6.45) is 0. The summed E-state index contributed by atoms with van der Waals surface area (Å²) in [5.41, 5.74) is 1.80. The number of carboxylic acids is 1. The lowest BCUT2D eigenvalue weighted by Crippen LogP contribution is -2.02. The number of ether oxygens (including phenoxy) is 1. The van der Waals surface area contributed by atoms with Crippen LogP contribution in [0.5, 0.6) is 5.75 Å². The van der Waals surface area contributed by atoms with E-state index < -0.39 is 5.97 Å². The van der Waals surface area contributed by atoms with Crippen LogP contribution in [0.15, 0.2) is 16.6 Å². The first-order valence-corrected chi connectivity index (χ1v) is 6.62. The van der Waals surface area contributed by atoms with E-state index >= 15 is 0 Å². The van der Waals surface area contributed by atoms with Crippen LogP contribution in [0.4, 0.5) is 0 Å². The Bertz CT molecular complexity index is 636. The first-order chi connectivity index (χ1) is 8.51. The lowest BCUT2D eigenvalue weighted by Gasteiger charge is -2.04. The molecular formula is C12H12BrNO3S. The van der Waals surface area contributed by atoms with Gasteiger partial charge in [0, 0.05) is 23.9 Å². The minimum atomic E-state index is -0.950. The smallest absolute Gasteiger partial charge is 0.338 e. The standard InChI is InChI=1S/C12H12BrNO3S/c1-14-8-4-7(13)10(17-2)3-6(8)11(12(15)16)9(14)5-18/h3-4,18H,5H2,1-2H3,(H,15,16). The predicted octanol–water partition coefficient (Wildman–Crippen LogP) is 3.08. The van der Waals surface area contributed by atoms with Crippen molar-refractivity contribution in [2.24, 2.45) is 7.05 Å². The van der Waals surface area contributed by atoms with E-state index in [4.69, 9.17) is 4.74 Å². The van der Waals surface area contributed by atoms with Gasteiger partial charge in [-0.3, -0.25) is 0 Å². The van der Waals surface area contributed by atoms with Gasteiger partial charge in [-0.1, -0.05) is 0 Å². The zero-order valence-electron chi connectivity index (χ0n) is 9.90. The third-order valence-corrected chi connectivity index (χ3v) is 3.88. The number of fused-ring (bicyclic) bond motifs is 1. The molecule has 0 amide bonds. The molecule has 0 unspecified atom stereocenters. The molecule has 0 spiro atoms. The van der Waals surface area contributed by atoms with Gasteiger partial charge in [0.1, 0.15) is 5.75 Å². The highest BCUT2D eigenvalue weighted by Gasteiger charge is 2.21. The largest absolute Gasteiger partial charge is 0.496 e. The Morgan fingerprint density at radius 1 is 1.56 bits per heavy atom. The van der Waals surface area contributed by atoms with Crippen molar-refractivity contribution in [2.45, 2.75) is 5.75 Å². The normalized spacial score (nSPS) is 10.9. The number of hydrogen-bond acceptors (Lipinski definition) is 3. The molecule has 96 valence electrons. The Morgan fingerprint density at radius 2 is 2.22 bits per heavy atom. The summed E-state index contributed by atoms with van der Waals surface area (Å²) >= 11 is 7.60. The van der Waals surface area contributed by atoms with Crippen LogP contribution in [0.1, 0.15) is 16.1 Å². The predicted molar refractivity (Wildman–Crippen MR) is 76.8 cm³/mol. The third kappa shape index (κ3) is 1.89. The fourth-order valence-electron chi connectivity index (χ4n) is 2.07. The minimum absolute atomic E-state index is 0.285. The summed E-state index contributed by atoms with van der Waals surface area (Å²) in [5.74, 6) is 0.0302. The van der Waals surface area contributed by atoms with Crippen LogP contribution in [0.25, 0.3) is 10.9 Å². The van der Waals surface area contributed by atoms with E-state index in [0.717, 1.165) is 9.99 Å². The Hall–Kier alpha value is -1.14. The molecule has 0 radical (unpaired) electrons. The number of benzene rings is 1. The first kappa shape index (κ1) is 13.3. The highest BCUT2D eigenvalue weighted by Crippen LogP contribution is 2.35. The number of rotatable bonds is 3. The number of halogens is 1. The first-order valence-electron chi connectivity index (χ1n) is 5.20. The van der Waals surface area contributed by atoms with Gasteiger partial charge in [0.2, 0.25) is 0 Å². The molecule has 0 bridgehead atoms. The Kier molecular flexibility index (Phi) is 3.59. The van der Waals surface area contributed by atoms with Crippen molar-refractivity contribution >= 4 is 45.4 Å². The third-order valence-electron chi connectivity index (χ3n) is 2.96. The topological polar surface area (TPSA) is 51.5 Å². The van der Waals surface area contributed by atoms with E-state index in [-0.39, 0.29) is 5.56 Å². The summed E-state index contributed by atoms with van der Waals surface area (Å²) in [6, 6.07) is 3.59. The zero-order valence-corrected chi connectivity index (χ0v) is 12.4. The molecular weight excluding hydrogens is 318 g/mol. The number of nitrogens with zero attached hydrogens (tertiary/aromatic N) is 1. The number of carboxylic acid groups (broad SMARTS) is 1. The number of aromatic carboxylic acids is 1. The molecule has 1 aromatic heterocycles. The fraction of sp³-hybridized carbons (Fsp3) is 0.250. The van der Waals surface area contributed by atoms with Gasteiger partial charge in [-0.25, -0.2) is 4.79 Å². The molecule has 18 heavy (non-hydrogen) atoms. The summed E-state index contributed by atoms with van der Waals surface area (Å²) in [4.78, 5) is 11.4. The fourth-order valence-corrected chi connectivity index (χ4v) is 2.93. The van der Waals surface area contributed by atoms with Gasteiger partial charge in [-0.05, 0) is 28.1 Å². The van der Waals surface area contributed by atoms with Crippen molar-refractivity contribution in [1.29, 1.82) is 0 Å². The summed E-state index contributed by atoms with van der Waals surface area (Å²) < 4.78 is 7.84. The zero-order chi connectivity index (χ0) is 13.4. The molecule has 2 rings (SSSR count). The van der Waals surface area contributed by atoms with Crippen LogP contribution >= 0.6 is 28.6 Å². The monoisotopic (exact) mass is 329 g/mol. The van der Waals surface area contributed by atoms with Gasteiger partial charge < -0.3 is 14.4 Å². The van der Waals surface area contributed by atoms with Crippen molar-refractivity contribution in [1.82, 2.24) is 4.57 Å². The van der Waals surface area contributed by atoms with E-state index in [2.05, 4.69) is 28.6 Å². The van der Waals surface area contributed by atoms with E-state index in [1.807, 2.05) is 17.7 Å². The van der Waals surface area contributed by atoms with Crippen LogP contribution in [-0.4, -0.2) is 22.8 Å². The van der Waals surface area contributed by atoms with Crippen molar-refractivity contribution in [2.75, 3.05) is 7.11 Å². The number of carbonyl (C=O) groups is 1. The Morgan fingerprint density at radius 3 is 2.72 bits per heavy atom. The van der Waals surface area contributed by atoms with Crippen LogP contribution in [0.2, 0.25) is 0 Å². The van der Waals surface area contributed by atoms with Crippen LogP contribution in [0, 0.1) is 0 Å². The van der Waals surface area contributed by atoms with Crippen LogP contribution in [0.3, 0.4) is 0 Å². The number of methoxy groups -OCH3 is 1. The van der Waals surface area contributed by atoms with Crippen LogP contribution in [-0.2, 0) is 12.8 Å². The van der Waals surface area contributed by atoms with Crippen molar-refractivity contribution < 1.29 is 14.6 Å². The Labute approximate surface area is 118 Å². The number of hydrogen-bond donors (Lipinski definition) is 2. The molecule has 0 aliphatic heterocycles.